The van der Waals surface area contributed by atoms with Gasteiger partial charge in [0.2, 0.25) is 10.0 Å². The molecule has 6 heteroatoms. The lowest BCUT2D eigenvalue weighted by molar-refractivity contribution is 0.414. The van der Waals surface area contributed by atoms with Gasteiger partial charge in [0.25, 0.3) is 0 Å². The van der Waals surface area contributed by atoms with E-state index in [1.165, 1.54) is 19.2 Å². The second-order valence-corrected chi connectivity index (χ2v) is 6.76. The van der Waals surface area contributed by atoms with Gasteiger partial charge in [-0.3, -0.25) is 4.98 Å². The molecule has 3 aromatic rings. The Kier molecular flexibility index (Phi) is 4.27. The minimum absolute atomic E-state index is 0.138. The Labute approximate surface area is 135 Å². The third kappa shape index (κ3) is 3.49. The van der Waals surface area contributed by atoms with Gasteiger partial charge in [0.05, 0.1) is 29.8 Å². The van der Waals surface area contributed by atoms with Gasteiger partial charge in [-0.05, 0) is 36.4 Å². The second kappa shape index (κ2) is 6.36. The molecule has 0 saturated carbocycles. The minimum atomic E-state index is -3.58. The summed E-state index contributed by atoms with van der Waals surface area (Å²) in [6.07, 6.45) is 0. The fourth-order valence-corrected chi connectivity index (χ4v) is 3.21. The molecule has 3 rings (SSSR count). The molecule has 0 fully saturated rings. The fourth-order valence-electron chi connectivity index (χ4n) is 2.21. The highest BCUT2D eigenvalue weighted by molar-refractivity contribution is 7.89. The Morgan fingerprint density at radius 1 is 1.00 bits per heavy atom. The number of sulfonamides is 1. The third-order valence-electron chi connectivity index (χ3n) is 3.47. The van der Waals surface area contributed by atoms with Crippen molar-refractivity contribution in [3.63, 3.8) is 0 Å². The summed E-state index contributed by atoms with van der Waals surface area (Å²) < 4.78 is 32.2. The zero-order valence-corrected chi connectivity index (χ0v) is 13.4. The van der Waals surface area contributed by atoms with Gasteiger partial charge in [-0.1, -0.05) is 24.3 Å². The first kappa shape index (κ1) is 15.5. The van der Waals surface area contributed by atoms with E-state index in [4.69, 9.17) is 4.74 Å². The molecule has 0 aliphatic carbocycles. The van der Waals surface area contributed by atoms with E-state index in [1.807, 2.05) is 36.4 Å². The van der Waals surface area contributed by atoms with Crippen LogP contribution in [0.15, 0.2) is 65.6 Å². The molecule has 0 aliphatic heterocycles. The first-order valence-electron chi connectivity index (χ1n) is 7.07. The van der Waals surface area contributed by atoms with E-state index in [-0.39, 0.29) is 11.4 Å². The van der Waals surface area contributed by atoms with Gasteiger partial charge in [-0.25, -0.2) is 13.1 Å². The van der Waals surface area contributed by atoms with Gasteiger partial charge < -0.3 is 4.74 Å². The smallest absolute Gasteiger partial charge is 0.240 e. The van der Waals surface area contributed by atoms with Crippen LogP contribution in [0.25, 0.3) is 10.9 Å². The Bertz CT molecular complexity index is 922. The Morgan fingerprint density at radius 2 is 1.74 bits per heavy atom. The van der Waals surface area contributed by atoms with Crippen LogP contribution in [0.4, 0.5) is 0 Å². The summed E-state index contributed by atoms with van der Waals surface area (Å²) in [5.41, 5.74) is 1.51. The number of rotatable bonds is 5. The van der Waals surface area contributed by atoms with E-state index in [1.54, 1.807) is 12.1 Å². The average Bonchev–Trinajstić information content (AvgIpc) is 2.60. The largest absolute Gasteiger partial charge is 0.497 e. The lowest BCUT2D eigenvalue weighted by atomic mass is 10.2. The molecular weight excluding hydrogens is 312 g/mol. The molecule has 0 bridgehead atoms. The summed E-state index contributed by atoms with van der Waals surface area (Å²) in [7, 11) is -2.05. The van der Waals surface area contributed by atoms with Crippen LogP contribution in [0, 0.1) is 0 Å². The number of ether oxygens (including phenoxy) is 1. The molecule has 1 N–H and O–H groups in total. The van der Waals surface area contributed by atoms with Gasteiger partial charge in [-0.2, -0.15) is 0 Å². The maximum Gasteiger partial charge on any atom is 0.240 e. The molecule has 5 nitrogen and oxygen atoms in total. The second-order valence-electron chi connectivity index (χ2n) is 5.00. The van der Waals surface area contributed by atoms with Crippen molar-refractivity contribution in [3.8, 4) is 5.75 Å². The van der Waals surface area contributed by atoms with Crippen molar-refractivity contribution in [3.05, 3.63) is 66.4 Å². The predicted molar refractivity (Wildman–Crippen MR) is 88.8 cm³/mol. The van der Waals surface area contributed by atoms with Crippen molar-refractivity contribution in [1.82, 2.24) is 9.71 Å². The number of pyridine rings is 1. The maximum atomic E-state index is 12.3. The molecule has 0 radical (unpaired) electrons. The standard InChI is InChI=1S/C17H16N2O3S/c1-22-15-8-10-16(11-9-15)23(20,21)18-12-14-7-6-13-4-2-3-5-17(13)19-14/h2-11,18H,12H2,1H3. The molecule has 0 amide bonds. The van der Waals surface area contributed by atoms with Crippen LogP contribution >= 0.6 is 0 Å². The molecule has 0 aliphatic rings. The summed E-state index contributed by atoms with van der Waals surface area (Å²) in [6.45, 7) is 0.138. The Hall–Kier alpha value is -2.44. The highest BCUT2D eigenvalue weighted by Crippen LogP contribution is 2.16. The first-order valence-corrected chi connectivity index (χ1v) is 8.55. The highest BCUT2D eigenvalue weighted by Gasteiger charge is 2.14. The van der Waals surface area contributed by atoms with Crippen LogP contribution in [-0.2, 0) is 16.6 Å². The molecule has 23 heavy (non-hydrogen) atoms. The fraction of sp³-hybridized carbons (Fsp3) is 0.118. The molecule has 0 atom stereocenters. The summed E-state index contributed by atoms with van der Waals surface area (Å²) in [4.78, 5) is 4.65. The van der Waals surface area contributed by atoms with E-state index < -0.39 is 10.0 Å². The van der Waals surface area contributed by atoms with E-state index in [0.29, 0.717) is 11.4 Å². The van der Waals surface area contributed by atoms with Crippen LogP contribution in [0.1, 0.15) is 5.69 Å². The lowest BCUT2D eigenvalue weighted by Gasteiger charge is -2.08. The summed E-state index contributed by atoms with van der Waals surface area (Å²) in [5, 5.41) is 1.02. The number of hydrogen-bond acceptors (Lipinski definition) is 4. The monoisotopic (exact) mass is 328 g/mol. The first-order chi connectivity index (χ1) is 11.1. The van der Waals surface area contributed by atoms with E-state index in [2.05, 4.69) is 9.71 Å². The van der Waals surface area contributed by atoms with Crippen LogP contribution in [0.5, 0.6) is 5.75 Å². The predicted octanol–water partition coefficient (Wildman–Crippen LogP) is 2.72. The summed E-state index contributed by atoms with van der Waals surface area (Å²) in [5.74, 6) is 0.611. The molecule has 0 unspecified atom stereocenters. The Morgan fingerprint density at radius 3 is 2.48 bits per heavy atom. The van der Waals surface area contributed by atoms with E-state index >= 15 is 0 Å². The number of benzene rings is 2. The number of methoxy groups -OCH3 is 1. The number of aromatic nitrogens is 1. The van der Waals surface area contributed by atoms with Gasteiger partial charge in [0, 0.05) is 5.39 Å². The minimum Gasteiger partial charge on any atom is -0.497 e. The Balaban J connectivity index is 1.77. The topological polar surface area (TPSA) is 68.3 Å². The molecular formula is C17H16N2O3S. The van der Waals surface area contributed by atoms with Crippen LogP contribution in [-0.4, -0.2) is 20.5 Å². The quantitative estimate of drug-likeness (QED) is 0.782. The summed E-state index contributed by atoms with van der Waals surface area (Å²) >= 11 is 0. The van der Waals surface area contributed by atoms with Crippen molar-refractivity contribution >= 4 is 20.9 Å². The van der Waals surface area contributed by atoms with Crippen molar-refractivity contribution < 1.29 is 13.2 Å². The number of para-hydroxylation sites is 1. The average molecular weight is 328 g/mol. The zero-order chi connectivity index (χ0) is 16.3. The number of hydrogen-bond donors (Lipinski definition) is 1. The molecule has 1 aromatic heterocycles. The van der Waals surface area contributed by atoms with Crippen molar-refractivity contribution in [1.29, 1.82) is 0 Å². The molecule has 118 valence electrons. The number of fused-ring (bicyclic) bond motifs is 1. The van der Waals surface area contributed by atoms with Gasteiger partial charge in [-0.15, -0.1) is 0 Å². The molecule has 0 spiro atoms. The molecule has 2 aromatic carbocycles. The van der Waals surface area contributed by atoms with Crippen LogP contribution in [0.3, 0.4) is 0 Å². The van der Waals surface area contributed by atoms with Crippen molar-refractivity contribution in [2.45, 2.75) is 11.4 Å². The third-order valence-corrected chi connectivity index (χ3v) is 4.89. The van der Waals surface area contributed by atoms with Gasteiger partial charge in [0.1, 0.15) is 5.75 Å². The van der Waals surface area contributed by atoms with Gasteiger partial charge >= 0.3 is 0 Å². The van der Waals surface area contributed by atoms with Crippen LogP contribution < -0.4 is 9.46 Å². The molecule has 0 saturated heterocycles. The van der Waals surface area contributed by atoms with Gasteiger partial charge in [0.15, 0.2) is 0 Å². The maximum absolute atomic E-state index is 12.3. The van der Waals surface area contributed by atoms with Crippen LogP contribution in [0.2, 0.25) is 0 Å². The van der Waals surface area contributed by atoms with Crippen molar-refractivity contribution in [2.24, 2.45) is 0 Å². The molecule has 1 heterocycles. The highest BCUT2D eigenvalue weighted by atomic mass is 32.2. The lowest BCUT2D eigenvalue weighted by Crippen LogP contribution is -2.23. The summed E-state index contributed by atoms with van der Waals surface area (Å²) in [6, 6.07) is 17.7. The zero-order valence-electron chi connectivity index (χ0n) is 12.6. The number of nitrogens with zero attached hydrogens (tertiary/aromatic N) is 1. The van der Waals surface area contributed by atoms with E-state index in [0.717, 1.165) is 10.9 Å². The van der Waals surface area contributed by atoms with E-state index in [9.17, 15) is 8.42 Å². The number of nitrogens with one attached hydrogen (secondary N) is 1. The SMILES string of the molecule is COc1ccc(S(=O)(=O)NCc2ccc3ccccc3n2)cc1. The normalized spacial score (nSPS) is 11.5. The van der Waals surface area contributed by atoms with Crippen molar-refractivity contribution in [2.75, 3.05) is 7.11 Å².